The zero-order valence-electron chi connectivity index (χ0n) is 11.4. The summed E-state index contributed by atoms with van der Waals surface area (Å²) in [5.74, 6) is 0.571. The van der Waals surface area contributed by atoms with Crippen LogP contribution in [0.4, 0.5) is 5.95 Å². The molecule has 0 aliphatic carbocycles. The van der Waals surface area contributed by atoms with Crippen LogP contribution in [0.15, 0.2) is 35.5 Å². The number of rotatable bonds is 5. The van der Waals surface area contributed by atoms with Crippen LogP contribution >= 0.6 is 11.8 Å². The first-order valence-corrected chi connectivity index (χ1v) is 7.18. The molecular weight excluding hydrogens is 274 g/mol. The van der Waals surface area contributed by atoms with E-state index in [1.54, 1.807) is 11.6 Å². The quantitative estimate of drug-likeness (QED) is 0.813. The molecule has 20 heavy (non-hydrogen) atoms. The number of nitrogens with zero attached hydrogens (tertiary/aromatic N) is 3. The molecule has 0 bridgehead atoms. The second-order valence-corrected chi connectivity index (χ2v) is 5.33. The molecule has 1 amide bonds. The highest BCUT2D eigenvalue weighted by Gasteiger charge is 2.12. The van der Waals surface area contributed by atoms with Gasteiger partial charge in [-0.1, -0.05) is 42.1 Å². The van der Waals surface area contributed by atoms with Crippen molar-refractivity contribution in [2.75, 3.05) is 11.5 Å². The maximum atomic E-state index is 11.9. The number of aromatic nitrogens is 3. The van der Waals surface area contributed by atoms with Gasteiger partial charge >= 0.3 is 0 Å². The average Bonchev–Trinajstić information content (AvgIpc) is 2.77. The molecule has 0 aliphatic rings. The molecule has 1 aromatic carbocycles. The van der Waals surface area contributed by atoms with Crippen LogP contribution in [0.2, 0.25) is 0 Å². The first-order chi connectivity index (χ1) is 9.58. The summed E-state index contributed by atoms with van der Waals surface area (Å²) in [5.41, 5.74) is 6.66. The Morgan fingerprint density at radius 3 is 2.70 bits per heavy atom. The number of anilines is 1. The maximum Gasteiger partial charge on any atom is 0.230 e. The highest BCUT2D eigenvalue weighted by atomic mass is 32.2. The second-order valence-electron chi connectivity index (χ2n) is 4.39. The van der Waals surface area contributed by atoms with Gasteiger partial charge in [0.1, 0.15) is 0 Å². The van der Waals surface area contributed by atoms with E-state index in [1.165, 1.54) is 11.8 Å². The number of amides is 1. The molecule has 2 rings (SSSR count). The van der Waals surface area contributed by atoms with E-state index in [0.717, 1.165) is 5.56 Å². The molecular formula is C13H17N5OS. The number of carbonyl (C=O) groups excluding carboxylic acids is 1. The number of nitrogen functional groups attached to an aromatic ring is 1. The lowest BCUT2D eigenvalue weighted by atomic mass is 10.1. The number of hydrogen-bond donors (Lipinski definition) is 2. The Kier molecular flexibility index (Phi) is 4.62. The summed E-state index contributed by atoms with van der Waals surface area (Å²) < 4.78 is 1.65. The van der Waals surface area contributed by atoms with Gasteiger partial charge < -0.3 is 11.1 Å². The Labute approximate surface area is 121 Å². The number of thioether (sulfide) groups is 1. The Balaban J connectivity index is 1.85. The maximum absolute atomic E-state index is 11.9. The topological polar surface area (TPSA) is 85.8 Å². The van der Waals surface area contributed by atoms with E-state index in [-0.39, 0.29) is 17.7 Å². The van der Waals surface area contributed by atoms with Gasteiger partial charge in [0.15, 0.2) is 5.16 Å². The largest absolute Gasteiger partial charge is 0.368 e. The average molecular weight is 291 g/mol. The molecule has 1 heterocycles. The van der Waals surface area contributed by atoms with E-state index in [2.05, 4.69) is 15.5 Å². The lowest BCUT2D eigenvalue weighted by molar-refractivity contribution is -0.119. The number of benzene rings is 1. The Morgan fingerprint density at radius 1 is 1.40 bits per heavy atom. The van der Waals surface area contributed by atoms with Gasteiger partial charge in [-0.05, 0) is 12.5 Å². The number of hydrogen-bond acceptors (Lipinski definition) is 5. The Hall–Kier alpha value is -2.02. The minimum atomic E-state index is -0.0482. The van der Waals surface area contributed by atoms with E-state index < -0.39 is 0 Å². The van der Waals surface area contributed by atoms with Gasteiger partial charge in [-0.3, -0.25) is 9.36 Å². The molecule has 0 spiro atoms. The summed E-state index contributed by atoms with van der Waals surface area (Å²) >= 11 is 1.31. The summed E-state index contributed by atoms with van der Waals surface area (Å²) in [6, 6.07) is 9.81. The lowest BCUT2D eigenvalue weighted by Crippen LogP contribution is -2.28. The van der Waals surface area contributed by atoms with Gasteiger partial charge in [-0.2, -0.15) is 0 Å². The van der Waals surface area contributed by atoms with Crippen LogP contribution in [-0.4, -0.2) is 26.4 Å². The summed E-state index contributed by atoms with van der Waals surface area (Å²) in [7, 11) is 1.77. The second kappa shape index (κ2) is 6.42. The van der Waals surface area contributed by atoms with E-state index >= 15 is 0 Å². The molecule has 7 heteroatoms. The van der Waals surface area contributed by atoms with Gasteiger partial charge in [-0.15, -0.1) is 10.2 Å². The zero-order valence-corrected chi connectivity index (χ0v) is 12.2. The first-order valence-electron chi connectivity index (χ1n) is 6.20. The molecule has 6 nitrogen and oxygen atoms in total. The summed E-state index contributed by atoms with van der Waals surface area (Å²) in [5, 5.41) is 11.2. The van der Waals surface area contributed by atoms with Crippen molar-refractivity contribution < 1.29 is 4.79 Å². The molecule has 0 saturated carbocycles. The minimum Gasteiger partial charge on any atom is -0.368 e. The lowest BCUT2D eigenvalue weighted by Gasteiger charge is -2.13. The van der Waals surface area contributed by atoms with Crippen molar-refractivity contribution in [1.29, 1.82) is 0 Å². The molecule has 1 unspecified atom stereocenters. The van der Waals surface area contributed by atoms with Gasteiger partial charge in [-0.25, -0.2) is 0 Å². The van der Waals surface area contributed by atoms with Crippen molar-refractivity contribution in [3.8, 4) is 0 Å². The molecule has 1 aromatic heterocycles. The van der Waals surface area contributed by atoms with Crippen LogP contribution in [-0.2, 0) is 11.8 Å². The van der Waals surface area contributed by atoms with Crippen molar-refractivity contribution in [2.24, 2.45) is 7.05 Å². The minimum absolute atomic E-state index is 0.0196. The van der Waals surface area contributed by atoms with Crippen LogP contribution < -0.4 is 11.1 Å². The van der Waals surface area contributed by atoms with Crippen LogP contribution in [0.3, 0.4) is 0 Å². The Bertz CT molecular complexity index is 584. The summed E-state index contributed by atoms with van der Waals surface area (Å²) in [6.45, 7) is 1.96. The van der Waals surface area contributed by atoms with Crippen LogP contribution in [0.1, 0.15) is 18.5 Å². The SMILES string of the molecule is CC(NC(=O)CSc1nnc(N)n1C)c1ccccc1. The molecule has 106 valence electrons. The first kappa shape index (κ1) is 14.4. The number of carbonyl (C=O) groups is 1. The van der Waals surface area contributed by atoms with Gasteiger partial charge in [0.05, 0.1) is 11.8 Å². The normalized spacial score (nSPS) is 12.1. The molecule has 0 saturated heterocycles. The highest BCUT2D eigenvalue weighted by Crippen LogP contribution is 2.17. The zero-order chi connectivity index (χ0) is 14.5. The summed E-state index contributed by atoms with van der Waals surface area (Å²) in [6.07, 6.45) is 0. The smallest absolute Gasteiger partial charge is 0.230 e. The molecule has 1 atom stereocenters. The van der Waals surface area contributed by atoms with Crippen LogP contribution in [0.25, 0.3) is 0 Å². The van der Waals surface area contributed by atoms with E-state index in [9.17, 15) is 4.79 Å². The van der Waals surface area contributed by atoms with Gasteiger partial charge in [0, 0.05) is 7.05 Å². The van der Waals surface area contributed by atoms with E-state index in [0.29, 0.717) is 11.1 Å². The van der Waals surface area contributed by atoms with Gasteiger partial charge in [0.25, 0.3) is 0 Å². The van der Waals surface area contributed by atoms with Crippen molar-refractivity contribution >= 4 is 23.6 Å². The Morgan fingerprint density at radius 2 is 2.10 bits per heavy atom. The number of nitrogens with two attached hydrogens (primary N) is 1. The standard InChI is InChI=1S/C13H17N5OS/c1-9(10-6-4-3-5-7-10)15-11(19)8-20-13-17-16-12(14)18(13)2/h3-7,9H,8H2,1-2H3,(H2,14,16)(H,15,19). The monoisotopic (exact) mass is 291 g/mol. The van der Waals surface area contributed by atoms with E-state index in [1.807, 2.05) is 37.3 Å². The van der Waals surface area contributed by atoms with Crippen molar-refractivity contribution in [3.05, 3.63) is 35.9 Å². The predicted molar refractivity (Wildman–Crippen MR) is 79.1 cm³/mol. The van der Waals surface area contributed by atoms with Crippen molar-refractivity contribution in [1.82, 2.24) is 20.1 Å². The molecule has 0 aliphatic heterocycles. The third-order valence-corrected chi connectivity index (χ3v) is 3.90. The highest BCUT2D eigenvalue weighted by molar-refractivity contribution is 7.99. The summed E-state index contributed by atoms with van der Waals surface area (Å²) in [4.78, 5) is 11.9. The molecule has 2 aromatic rings. The molecule has 0 fully saturated rings. The third-order valence-electron chi connectivity index (χ3n) is 2.88. The molecule has 3 N–H and O–H groups in total. The van der Waals surface area contributed by atoms with Crippen LogP contribution in [0, 0.1) is 0 Å². The third kappa shape index (κ3) is 3.51. The van der Waals surface area contributed by atoms with E-state index in [4.69, 9.17) is 5.73 Å². The fourth-order valence-corrected chi connectivity index (χ4v) is 2.42. The fraction of sp³-hybridized carbons (Fsp3) is 0.308. The van der Waals surface area contributed by atoms with Gasteiger partial charge in [0.2, 0.25) is 11.9 Å². The fourth-order valence-electron chi connectivity index (χ4n) is 1.69. The predicted octanol–water partition coefficient (Wildman–Crippen LogP) is 1.37. The van der Waals surface area contributed by atoms with Crippen LogP contribution in [0.5, 0.6) is 0 Å². The van der Waals surface area contributed by atoms with Crippen molar-refractivity contribution in [3.63, 3.8) is 0 Å². The van der Waals surface area contributed by atoms with Crippen molar-refractivity contribution in [2.45, 2.75) is 18.1 Å². The molecule has 0 radical (unpaired) electrons. The number of nitrogens with one attached hydrogen (secondary N) is 1.